The molecule has 0 saturated heterocycles. The van der Waals surface area contributed by atoms with E-state index in [9.17, 15) is 27.1 Å². The van der Waals surface area contributed by atoms with E-state index in [4.69, 9.17) is 0 Å². The molecular formula is C27H26F5INO-. The fraction of sp³-hybridized carbons (Fsp3) is 0.296. The fourth-order valence-corrected chi connectivity index (χ4v) is 5.81. The van der Waals surface area contributed by atoms with Gasteiger partial charge in [-0.1, -0.05) is 0 Å². The average Bonchev–Trinajstić information content (AvgIpc) is 2.77. The van der Waals surface area contributed by atoms with Crippen LogP contribution in [0, 0.1) is 36.2 Å². The van der Waals surface area contributed by atoms with Crippen molar-refractivity contribution in [2.45, 2.75) is 52.4 Å². The molecule has 0 radical (unpaired) electrons. The topological polar surface area (TPSA) is 32.6 Å². The molecule has 0 aliphatic rings. The molecule has 2 nitrogen and oxygen atoms in total. The summed E-state index contributed by atoms with van der Waals surface area (Å²) in [6, 6.07) is 10.2. The second kappa shape index (κ2) is 9.87. The van der Waals surface area contributed by atoms with Gasteiger partial charge in [-0.3, -0.25) is 0 Å². The van der Waals surface area contributed by atoms with Gasteiger partial charge in [-0.15, -0.1) is 0 Å². The maximum absolute atomic E-state index is 14.3. The molecule has 0 fully saturated rings. The molecule has 0 aliphatic carbocycles. The van der Waals surface area contributed by atoms with Crippen molar-refractivity contribution in [1.29, 1.82) is 0 Å². The molecule has 0 amide bonds. The third-order valence-corrected chi connectivity index (χ3v) is 8.34. The quantitative estimate of drug-likeness (QED) is 0.154. The molecule has 0 unspecified atom stereocenters. The summed E-state index contributed by atoms with van der Waals surface area (Å²) in [6.45, 7) is 12.1. The predicted molar refractivity (Wildman–Crippen MR) is 123 cm³/mol. The van der Waals surface area contributed by atoms with Crippen molar-refractivity contribution in [3.05, 3.63) is 89.3 Å². The first kappa shape index (κ1) is 27.1. The number of benzene rings is 3. The summed E-state index contributed by atoms with van der Waals surface area (Å²) in [5.74, 6) is -9.67. The minimum absolute atomic E-state index is 0.0706. The molecule has 8 heteroatoms. The van der Waals surface area contributed by atoms with Gasteiger partial charge in [-0.05, 0) is 0 Å². The zero-order valence-corrected chi connectivity index (χ0v) is 22.4. The molecule has 0 bridgehead atoms. The van der Waals surface area contributed by atoms with Gasteiger partial charge in [0, 0.05) is 0 Å². The summed E-state index contributed by atoms with van der Waals surface area (Å²) in [6.07, 6.45) is 1.46. The summed E-state index contributed by atoms with van der Waals surface area (Å²) < 4.78 is 68.9. The van der Waals surface area contributed by atoms with Crippen LogP contribution in [-0.2, 0) is 10.8 Å². The van der Waals surface area contributed by atoms with Gasteiger partial charge < -0.3 is 0 Å². The zero-order valence-electron chi connectivity index (χ0n) is 20.2. The van der Waals surface area contributed by atoms with Crippen LogP contribution in [0.15, 0.2) is 41.4 Å². The molecule has 35 heavy (non-hydrogen) atoms. The molecule has 3 aromatic carbocycles. The van der Waals surface area contributed by atoms with E-state index in [1.807, 2.05) is 32.9 Å². The van der Waals surface area contributed by atoms with Gasteiger partial charge in [-0.25, -0.2) is 0 Å². The van der Waals surface area contributed by atoms with Gasteiger partial charge in [-0.2, -0.15) is 0 Å². The van der Waals surface area contributed by atoms with Gasteiger partial charge in [0.2, 0.25) is 0 Å². The standard InChI is InChI=1S/C27H26F5INO/c1-26(2,3)15-11-14(25(35)16(12-15)27(4,5)6)13-34-18-10-8-7-9-17(18)33-24-22(31)20(29)19(28)21(30)23(24)32/h7-13,35H,1-6H3/q-1. The van der Waals surface area contributed by atoms with Crippen molar-refractivity contribution in [2.75, 3.05) is 0 Å². The maximum atomic E-state index is 14.3. The van der Waals surface area contributed by atoms with Crippen LogP contribution in [0.3, 0.4) is 0 Å². The summed E-state index contributed by atoms with van der Waals surface area (Å²) in [5, 5.41) is 11.0. The molecule has 0 heterocycles. The molecule has 0 spiro atoms. The number of rotatable bonds is 4. The Hall–Kier alpha value is -2.49. The van der Waals surface area contributed by atoms with Crippen molar-refractivity contribution in [2.24, 2.45) is 4.99 Å². The SMILES string of the molecule is CC(C)(C)c1cc(C=Nc2ccccc2[I-]c2c(F)c(F)c(F)c(F)c2F)c(O)c(C(C)(C)C)c1. The van der Waals surface area contributed by atoms with E-state index in [2.05, 4.69) is 25.8 Å². The third-order valence-electron chi connectivity index (χ3n) is 5.36. The van der Waals surface area contributed by atoms with Crippen LogP contribution in [0.5, 0.6) is 5.75 Å². The molecule has 0 saturated carbocycles. The van der Waals surface area contributed by atoms with Gasteiger partial charge >= 0.3 is 213 Å². The number of phenols is 1. The Morgan fingerprint density at radius 1 is 0.771 bits per heavy atom. The van der Waals surface area contributed by atoms with E-state index in [1.54, 1.807) is 24.3 Å². The zero-order chi connectivity index (χ0) is 26.3. The second-order valence-electron chi connectivity index (χ2n) is 10.1. The Balaban J connectivity index is 2.09. The normalized spacial score (nSPS) is 12.7. The summed E-state index contributed by atoms with van der Waals surface area (Å²) in [4.78, 5) is 4.44. The number of hydrogen-bond donors (Lipinski definition) is 1. The summed E-state index contributed by atoms with van der Waals surface area (Å²) in [5.41, 5.74) is 1.97. The van der Waals surface area contributed by atoms with Crippen molar-refractivity contribution in [3.63, 3.8) is 0 Å². The van der Waals surface area contributed by atoms with E-state index in [1.165, 1.54) is 6.21 Å². The second-order valence-corrected chi connectivity index (χ2v) is 12.9. The van der Waals surface area contributed by atoms with Crippen LogP contribution in [0.4, 0.5) is 27.6 Å². The fourth-order valence-electron chi connectivity index (χ4n) is 3.30. The minimum atomic E-state index is -2.18. The molecule has 0 aromatic heterocycles. The first-order chi connectivity index (χ1) is 16.1. The van der Waals surface area contributed by atoms with Crippen LogP contribution < -0.4 is 21.2 Å². The van der Waals surface area contributed by atoms with Gasteiger partial charge in [0.25, 0.3) is 0 Å². The molecule has 3 aromatic rings. The van der Waals surface area contributed by atoms with Crippen LogP contribution in [0.1, 0.15) is 58.2 Å². The Morgan fingerprint density at radius 2 is 1.31 bits per heavy atom. The Kier molecular flexibility index (Phi) is 7.64. The first-order valence-electron chi connectivity index (χ1n) is 10.8. The number of para-hydroxylation sites is 1. The Labute approximate surface area is 212 Å². The molecule has 0 aliphatic heterocycles. The van der Waals surface area contributed by atoms with Crippen LogP contribution in [0.2, 0.25) is 0 Å². The van der Waals surface area contributed by atoms with E-state index in [0.717, 1.165) is 11.1 Å². The number of hydrogen-bond acceptors (Lipinski definition) is 2. The van der Waals surface area contributed by atoms with Gasteiger partial charge in [0.05, 0.1) is 0 Å². The number of halogens is 6. The van der Waals surface area contributed by atoms with Gasteiger partial charge in [0.15, 0.2) is 0 Å². The third kappa shape index (κ3) is 5.68. The van der Waals surface area contributed by atoms with Crippen LogP contribution in [-0.4, -0.2) is 11.3 Å². The van der Waals surface area contributed by atoms with Gasteiger partial charge in [0.1, 0.15) is 0 Å². The van der Waals surface area contributed by atoms with E-state index >= 15 is 0 Å². The summed E-state index contributed by atoms with van der Waals surface area (Å²) in [7, 11) is 0. The molecule has 1 N–H and O–H groups in total. The van der Waals surface area contributed by atoms with Crippen molar-refractivity contribution in [3.8, 4) is 5.75 Å². The first-order valence-corrected chi connectivity index (χ1v) is 13.0. The van der Waals surface area contributed by atoms with E-state index < -0.39 is 53.9 Å². The van der Waals surface area contributed by atoms with Crippen molar-refractivity contribution in [1.82, 2.24) is 0 Å². The molecule has 3 rings (SSSR count). The van der Waals surface area contributed by atoms with E-state index in [0.29, 0.717) is 14.8 Å². The monoisotopic (exact) mass is 602 g/mol. The molecule has 0 atom stereocenters. The number of nitrogens with zero attached hydrogens (tertiary/aromatic N) is 1. The molecule has 188 valence electrons. The Morgan fingerprint density at radius 3 is 1.86 bits per heavy atom. The predicted octanol–water partition coefficient (Wildman–Crippen LogP) is 4.56. The van der Waals surface area contributed by atoms with Crippen LogP contribution >= 0.6 is 0 Å². The van der Waals surface area contributed by atoms with Crippen molar-refractivity contribution < 1.29 is 48.3 Å². The van der Waals surface area contributed by atoms with E-state index in [-0.39, 0.29) is 16.6 Å². The summed E-state index contributed by atoms with van der Waals surface area (Å²) >= 11 is -1.80. The average molecular weight is 602 g/mol. The van der Waals surface area contributed by atoms with Crippen molar-refractivity contribution >= 4 is 11.9 Å². The number of aliphatic imine (C=N–C) groups is 1. The molecular weight excluding hydrogens is 576 g/mol. The van der Waals surface area contributed by atoms with Crippen LogP contribution in [0.25, 0.3) is 0 Å². The number of aromatic hydroxyl groups is 1. The Bertz CT molecular complexity index is 1280. The number of phenolic OH excluding ortho intramolecular Hbond substituents is 1.